The van der Waals surface area contributed by atoms with E-state index in [1.54, 1.807) is 0 Å². The Hall–Kier alpha value is -1.89. The van der Waals surface area contributed by atoms with Gasteiger partial charge in [0.1, 0.15) is 0 Å². The van der Waals surface area contributed by atoms with E-state index in [1.165, 1.54) is 23.1 Å². The molecular formula is C12H10BrNO5. The lowest BCUT2D eigenvalue weighted by atomic mass is 10.1. The van der Waals surface area contributed by atoms with Crippen molar-refractivity contribution < 1.29 is 24.6 Å². The molecule has 1 aliphatic rings. The van der Waals surface area contributed by atoms with E-state index in [4.69, 9.17) is 10.2 Å². The number of rotatable bonds is 3. The van der Waals surface area contributed by atoms with E-state index in [0.29, 0.717) is 10.2 Å². The first-order chi connectivity index (χ1) is 8.90. The quantitative estimate of drug-likeness (QED) is 0.878. The van der Waals surface area contributed by atoms with Gasteiger partial charge in [-0.15, -0.1) is 0 Å². The minimum absolute atomic E-state index is 0.0392. The molecule has 0 aliphatic carbocycles. The topological polar surface area (TPSA) is 94.9 Å². The summed E-state index contributed by atoms with van der Waals surface area (Å²) in [6.45, 7) is 0.0964. The van der Waals surface area contributed by atoms with Crippen LogP contribution in [0.1, 0.15) is 16.8 Å². The van der Waals surface area contributed by atoms with Gasteiger partial charge < -0.3 is 15.1 Å². The van der Waals surface area contributed by atoms with Gasteiger partial charge in [-0.25, -0.2) is 4.79 Å². The van der Waals surface area contributed by atoms with E-state index in [9.17, 15) is 14.4 Å². The van der Waals surface area contributed by atoms with Crippen LogP contribution >= 0.6 is 15.9 Å². The minimum atomic E-state index is -1.07. The maximum atomic E-state index is 11.8. The van der Waals surface area contributed by atoms with Crippen LogP contribution in [-0.2, 0) is 9.59 Å². The van der Waals surface area contributed by atoms with Crippen molar-refractivity contribution >= 4 is 39.5 Å². The largest absolute Gasteiger partial charge is 0.481 e. The number of carboxylic acids is 2. The predicted octanol–water partition coefficient (Wildman–Crippen LogP) is 1.58. The zero-order valence-electron chi connectivity index (χ0n) is 9.67. The van der Waals surface area contributed by atoms with Crippen molar-refractivity contribution in [2.45, 2.75) is 6.42 Å². The summed E-state index contributed by atoms with van der Waals surface area (Å²) < 4.78 is 0.451. The summed E-state index contributed by atoms with van der Waals surface area (Å²) >= 11 is 3.21. The molecule has 6 nitrogen and oxygen atoms in total. The summed E-state index contributed by atoms with van der Waals surface area (Å²) in [7, 11) is 0. The number of carbonyl (C=O) groups excluding carboxylic acids is 1. The number of benzene rings is 1. The second-order valence-electron chi connectivity index (χ2n) is 4.21. The molecule has 0 radical (unpaired) electrons. The molecule has 1 atom stereocenters. The third-order valence-corrected chi connectivity index (χ3v) is 3.59. The molecule has 19 heavy (non-hydrogen) atoms. The highest BCUT2D eigenvalue weighted by molar-refractivity contribution is 9.10. The summed E-state index contributed by atoms with van der Waals surface area (Å²) in [6.07, 6.45) is -0.0392. The van der Waals surface area contributed by atoms with Crippen LogP contribution in [0.4, 0.5) is 5.69 Å². The number of halogens is 1. The monoisotopic (exact) mass is 327 g/mol. The molecule has 100 valence electrons. The molecule has 1 amide bonds. The van der Waals surface area contributed by atoms with Crippen molar-refractivity contribution in [2.24, 2.45) is 5.92 Å². The number of anilines is 1. The van der Waals surface area contributed by atoms with Crippen molar-refractivity contribution in [3.63, 3.8) is 0 Å². The number of carboxylic acid groups (broad SMARTS) is 2. The zero-order chi connectivity index (χ0) is 14.2. The highest BCUT2D eigenvalue weighted by Crippen LogP contribution is 2.32. The third kappa shape index (κ3) is 2.60. The van der Waals surface area contributed by atoms with Gasteiger partial charge in [0.05, 0.1) is 17.2 Å². The molecule has 1 saturated heterocycles. The van der Waals surface area contributed by atoms with Gasteiger partial charge in [-0.2, -0.15) is 0 Å². The number of hydrogen-bond acceptors (Lipinski definition) is 3. The Morgan fingerprint density at radius 1 is 1.32 bits per heavy atom. The van der Waals surface area contributed by atoms with Crippen LogP contribution in [0.5, 0.6) is 0 Å². The molecule has 1 aromatic rings. The van der Waals surface area contributed by atoms with Crippen LogP contribution < -0.4 is 4.90 Å². The van der Waals surface area contributed by atoms with Crippen LogP contribution in [0.3, 0.4) is 0 Å². The Balaban J connectivity index is 2.30. The van der Waals surface area contributed by atoms with E-state index < -0.39 is 17.9 Å². The summed E-state index contributed by atoms with van der Waals surface area (Å²) in [5, 5.41) is 17.8. The normalized spacial score (nSPS) is 18.7. The summed E-state index contributed by atoms with van der Waals surface area (Å²) in [5.41, 5.74) is 0.579. The van der Waals surface area contributed by atoms with Crippen molar-refractivity contribution in [2.75, 3.05) is 11.4 Å². The average Bonchev–Trinajstić information content (AvgIpc) is 2.71. The first-order valence-electron chi connectivity index (χ1n) is 5.46. The van der Waals surface area contributed by atoms with Gasteiger partial charge in [0.25, 0.3) is 0 Å². The number of nitrogens with zero attached hydrogens (tertiary/aromatic N) is 1. The summed E-state index contributed by atoms with van der Waals surface area (Å²) in [6, 6.07) is 4.26. The average molecular weight is 328 g/mol. The molecule has 1 unspecified atom stereocenters. The molecule has 2 N–H and O–H groups in total. The Bertz CT molecular complexity index is 571. The first-order valence-corrected chi connectivity index (χ1v) is 6.25. The van der Waals surface area contributed by atoms with E-state index in [1.807, 2.05) is 0 Å². The standard InChI is InChI=1S/C12H10BrNO5/c13-8-3-6(11(16)17)1-2-9(8)14-5-7(12(18)19)4-10(14)15/h1-3,7H,4-5H2,(H,16,17)(H,18,19). The maximum absolute atomic E-state index is 11.8. The van der Waals surface area contributed by atoms with Crippen molar-refractivity contribution in [1.82, 2.24) is 0 Å². The van der Waals surface area contributed by atoms with Gasteiger partial charge in [0.15, 0.2) is 0 Å². The lowest BCUT2D eigenvalue weighted by molar-refractivity contribution is -0.141. The molecule has 0 spiro atoms. The van der Waals surface area contributed by atoms with E-state index in [2.05, 4.69) is 15.9 Å². The fraction of sp³-hybridized carbons (Fsp3) is 0.250. The summed E-state index contributed by atoms with van der Waals surface area (Å²) in [5.74, 6) is -3.08. The van der Waals surface area contributed by atoms with Gasteiger partial charge in [0, 0.05) is 17.4 Å². The number of aliphatic carboxylic acids is 1. The molecular weight excluding hydrogens is 318 g/mol. The Kier molecular flexibility index (Phi) is 3.57. The summed E-state index contributed by atoms with van der Waals surface area (Å²) in [4.78, 5) is 34.8. The van der Waals surface area contributed by atoms with E-state index in [0.717, 1.165) is 0 Å². The van der Waals surface area contributed by atoms with Gasteiger partial charge in [-0.3, -0.25) is 9.59 Å². The van der Waals surface area contributed by atoms with E-state index in [-0.39, 0.29) is 24.4 Å². The van der Waals surface area contributed by atoms with Crippen LogP contribution in [0.2, 0.25) is 0 Å². The molecule has 1 aliphatic heterocycles. The van der Waals surface area contributed by atoms with Gasteiger partial charge >= 0.3 is 11.9 Å². The molecule has 1 aromatic carbocycles. The Morgan fingerprint density at radius 3 is 2.47 bits per heavy atom. The molecule has 0 saturated carbocycles. The number of hydrogen-bond donors (Lipinski definition) is 2. The van der Waals surface area contributed by atoms with Gasteiger partial charge in [0.2, 0.25) is 5.91 Å². The van der Waals surface area contributed by atoms with Crippen LogP contribution in [0.25, 0.3) is 0 Å². The van der Waals surface area contributed by atoms with Gasteiger partial charge in [-0.05, 0) is 34.1 Å². The van der Waals surface area contributed by atoms with Crippen LogP contribution in [-0.4, -0.2) is 34.6 Å². The maximum Gasteiger partial charge on any atom is 0.335 e. The third-order valence-electron chi connectivity index (χ3n) is 2.96. The molecule has 1 fully saturated rings. The number of aromatic carboxylic acids is 1. The van der Waals surface area contributed by atoms with Crippen molar-refractivity contribution in [1.29, 1.82) is 0 Å². The highest BCUT2D eigenvalue weighted by Gasteiger charge is 2.35. The Morgan fingerprint density at radius 2 is 2.00 bits per heavy atom. The number of amides is 1. The fourth-order valence-corrected chi connectivity index (χ4v) is 2.56. The molecule has 1 heterocycles. The zero-order valence-corrected chi connectivity index (χ0v) is 11.3. The lowest BCUT2D eigenvalue weighted by Gasteiger charge is -2.18. The number of carbonyl (C=O) groups is 3. The van der Waals surface area contributed by atoms with Crippen LogP contribution in [0, 0.1) is 5.92 Å². The van der Waals surface area contributed by atoms with E-state index >= 15 is 0 Å². The second-order valence-corrected chi connectivity index (χ2v) is 5.07. The molecule has 0 bridgehead atoms. The molecule has 2 rings (SSSR count). The smallest absolute Gasteiger partial charge is 0.335 e. The van der Waals surface area contributed by atoms with Crippen molar-refractivity contribution in [3.8, 4) is 0 Å². The van der Waals surface area contributed by atoms with Gasteiger partial charge in [-0.1, -0.05) is 0 Å². The fourth-order valence-electron chi connectivity index (χ4n) is 1.96. The first kappa shape index (κ1) is 13.5. The molecule has 0 aromatic heterocycles. The van der Waals surface area contributed by atoms with Crippen molar-refractivity contribution in [3.05, 3.63) is 28.2 Å². The predicted molar refractivity (Wildman–Crippen MR) is 69.2 cm³/mol. The Labute approximate surface area is 116 Å². The second kappa shape index (κ2) is 5.00. The van der Waals surface area contributed by atoms with Crippen LogP contribution in [0.15, 0.2) is 22.7 Å². The highest BCUT2D eigenvalue weighted by atomic mass is 79.9. The minimum Gasteiger partial charge on any atom is -0.481 e. The lowest BCUT2D eigenvalue weighted by Crippen LogP contribution is -2.26. The SMILES string of the molecule is O=C(O)c1ccc(N2CC(C(=O)O)CC2=O)c(Br)c1. The molecule has 7 heteroatoms.